The van der Waals surface area contributed by atoms with Crippen LogP contribution in [0.2, 0.25) is 0 Å². The van der Waals surface area contributed by atoms with E-state index in [1.807, 2.05) is 10.8 Å². The summed E-state index contributed by atoms with van der Waals surface area (Å²) in [6.45, 7) is 5.59. The van der Waals surface area contributed by atoms with Gasteiger partial charge in [0, 0.05) is 32.0 Å². The summed E-state index contributed by atoms with van der Waals surface area (Å²) in [5.41, 5.74) is 0. The molecule has 1 rings (SSSR count). The van der Waals surface area contributed by atoms with Crippen molar-refractivity contribution in [2.45, 2.75) is 19.9 Å². The van der Waals surface area contributed by atoms with E-state index in [1.54, 1.807) is 12.5 Å². The maximum Gasteiger partial charge on any atom is 0.306 e. The highest BCUT2D eigenvalue weighted by Crippen LogP contribution is 1.95. The summed E-state index contributed by atoms with van der Waals surface area (Å²) in [6.07, 6.45) is 5.96. The first-order valence-electron chi connectivity index (χ1n) is 5.51. The van der Waals surface area contributed by atoms with Gasteiger partial charge in [-0.2, -0.15) is 0 Å². The predicted molar refractivity (Wildman–Crippen MR) is 61.0 cm³/mol. The number of carbonyl (C=O) groups excluding carboxylic acids is 1. The molecule has 0 saturated carbocycles. The summed E-state index contributed by atoms with van der Waals surface area (Å²) in [4.78, 5) is 17.2. The lowest BCUT2D eigenvalue weighted by atomic mass is 10.3. The van der Waals surface area contributed by atoms with Gasteiger partial charge in [0.1, 0.15) is 0 Å². The van der Waals surface area contributed by atoms with E-state index in [0.29, 0.717) is 6.42 Å². The minimum absolute atomic E-state index is 0.152. The number of likely N-dealkylation sites (N-methyl/N-ethyl adjacent to an activating group) is 1. The smallest absolute Gasteiger partial charge is 0.306 e. The molecule has 0 spiro atoms. The Morgan fingerprint density at radius 3 is 2.88 bits per heavy atom. The van der Waals surface area contributed by atoms with Crippen LogP contribution in [0.4, 0.5) is 0 Å². The van der Waals surface area contributed by atoms with Crippen LogP contribution in [0.15, 0.2) is 18.7 Å². The maximum atomic E-state index is 11.0. The Bertz CT molecular complexity index is 298. The molecule has 5 heteroatoms. The van der Waals surface area contributed by atoms with Gasteiger partial charge in [-0.15, -0.1) is 0 Å². The Kier molecular flexibility index (Phi) is 5.56. The molecule has 0 unspecified atom stereocenters. The van der Waals surface area contributed by atoms with E-state index in [4.69, 9.17) is 0 Å². The molecule has 5 nitrogen and oxygen atoms in total. The van der Waals surface area contributed by atoms with Crippen molar-refractivity contribution in [3.05, 3.63) is 18.7 Å². The van der Waals surface area contributed by atoms with E-state index in [2.05, 4.69) is 21.5 Å². The van der Waals surface area contributed by atoms with Crippen molar-refractivity contribution in [2.24, 2.45) is 0 Å². The van der Waals surface area contributed by atoms with Gasteiger partial charge in [-0.3, -0.25) is 4.79 Å². The van der Waals surface area contributed by atoms with Crippen molar-refractivity contribution in [2.75, 3.05) is 26.7 Å². The Labute approximate surface area is 96.0 Å². The minimum Gasteiger partial charge on any atom is -0.469 e. The molecule has 0 saturated heterocycles. The summed E-state index contributed by atoms with van der Waals surface area (Å²) in [6, 6.07) is 0. The Morgan fingerprint density at radius 2 is 2.31 bits per heavy atom. The second kappa shape index (κ2) is 7.00. The molecule has 0 fully saturated rings. The van der Waals surface area contributed by atoms with Crippen molar-refractivity contribution in [1.82, 2.24) is 14.5 Å². The van der Waals surface area contributed by atoms with Crippen molar-refractivity contribution < 1.29 is 9.53 Å². The van der Waals surface area contributed by atoms with Gasteiger partial charge in [-0.05, 0) is 6.54 Å². The highest BCUT2D eigenvalue weighted by molar-refractivity contribution is 5.69. The van der Waals surface area contributed by atoms with Gasteiger partial charge < -0.3 is 14.2 Å². The Morgan fingerprint density at radius 1 is 1.50 bits per heavy atom. The molecular formula is C11H19N3O2. The largest absolute Gasteiger partial charge is 0.469 e. The molecule has 0 bridgehead atoms. The number of aromatic nitrogens is 2. The topological polar surface area (TPSA) is 47.4 Å². The van der Waals surface area contributed by atoms with E-state index in [1.165, 1.54) is 7.11 Å². The first-order valence-corrected chi connectivity index (χ1v) is 5.51. The zero-order valence-electron chi connectivity index (χ0n) is 9.93. The fraction of sp³-hybridized carbons (Fsp3) is 0.636. The Hall–Kier alpha value is -1.36. The molecule has 0 aromatic carbocycles. The monoisotopic (exact) mass is 225 g/mol. The molecule has 0 N–H and O–H groups in total. The number of esters is 1. The van der Waals surface area contributed by atoms with Crippen LogP contribution >= 0.6 is 0 Å². The van der Waals surface area contributed by atoms with Crippen molar-refractivity contribution in [1.29, 1.82) is 0 Å². The lowest BCUT2D eigenvalue weighted by Crippen LogP contribution is -2.29. The number of imidazole rings is 1. The number of carbonyl (C=O) groups is 1. The summed E-state index contributed by atoms with van der Waals surface area (Å²) in [5.74, 6) is -0.152. The molecule has 1 heterocycles. The van der Waals surface area contributed by atoms with Crippen LogP contribution in [0.1, 0.15) is 13.3 Å². The van der Waals surface area contributed by atoms with Crippen molar-refractivity contribution >= 4 is 5.97 Å². The molecule has 0 aliphatic carbocycles. The highest BCUT2D eigenvalue weighted by Gasteiger charge is 2.06. The van der Waals surface area contributed by atoms with Gasteiger partial charge in [0.15, 0.2) is 0 Å². The van der Waals surface area contributed by atoms with E-state index < -0.39 is 0 Å². The molecule has 0 aliphatic rings. The van der Waals surface area contributed by atoms with Crippen LogP contribution in [0, 0.1) is 0 Å². The van der Waals surface area contributed by atoms with Crippen LogP contribution in [-0.4, -0.2) is 47.2 Å². The number of hydrogen-bond donors (Lipinski definition) is 0. The van der Waals surface area contributed by atoms with Gasteiger partial charge in [0.2, 0.25) is 0 Å². The average Bonchev–Trinajstić information content (AvgIpc) is 2.81. The molecule has 0 aliphatic heterocycles. The molecule has 0 amide bonds. The number of hydrogen-bond acceptors (Lipinski definition) is 4. The lowest BCUT2D eigenvalue weighted by Gasteiger charge is -2.19. The highest BCUT2D eigenvalue weighted by atomic mass is 16.5. The number of rotatable bonds is 7. The second-order valence-corrected chi connectivity index (χ2v) is 3.56. The molecule has 0 radical (unpaired) electrons. The lowest BCUT2D eigenvalue weighted by molar-refractivity contribution is -0.140. The summed E-state index contributed by atoms with van der Waals surface area (Å²) >= 11 is 0. The van der Waals surface area contributed by atoms with Gasteiger partial charge in [0.25, 0.3) is 0 Å². The van der Waals surface area contributed by atoms with E-state index >= 15 is 0 Å². The maximum absolute atomic E-state index is 11.0. The first kappa shape index (κ1) is 12.7. The third-order valence-electron chi connectivity index (χ3n) is 2.54. The molecule has 1 aromatic heterocycles. The molecule has 16 heavy (non-hydrogen) atoms. The third-order valence-corrected chi connectivity index (χ3v) is 2.54. The molecular weight excluding hydrogens is 206 g/mol. The normalized spacial score (nSPS) is 10.7. The van der Waals surface area contributed by atoms with Gasteiger partial charge in [-0.25, -0.2) is 4.98 Å². The van der Waals surface area contributed by atoms with Crippen LogP contribution in [-0.2, 0) is 16.1 Å². The van der Waals surface area contributed by atoms with Crippen molar-refractivity contribution in [3.8, 4) is 0 Å². The fourth-order valence-corrected chi connectivity index (χ4v) is 1.46. The number of methoxy groups -OCH3 is 1. The quantitative estimate of drug-likeness (QED) is 0.643. The second-order valence-electron chi connectivity index (χ2n) is 3.56. The first-order chi connectivity index (χ1) is 7.76. The molecule has 1 aromatic rings. The average molecular weight is 225 g/mol. The Balaban J connectivity index is 2.23. The van der Waals surface area contributed by atoms with Crippen LogP contribution in [0.25, 0.3) is 0 Å². The summed E-state index contributed by atoms with van der Waals surface area (Å²) in [7, 11) is 1.42. The molecule has 0 atom stereocenters. The predicted octanol–water partition coefficient (Wildman–Crippen LogP) is 0.768. The zero-order valence-corrected chi connectivity index (χ0v) is 9.93. The SMILES string of the molecule is CCN(CCC(=O)OC)CCn1ccnc1. The standard InChI is InChI=1S/C11H19N3O2/c1-3-13(6-4-11(15)16-2)8-9-14-7-5-12-10-14/h5,7,10H,3-4,6,8-9H2,1-2H3. The summed E-state index contributed by atoms with van der Waals surface area (Å²) < 4.78 is 6.64. The third kappa shape index (κ3) is 4.44. The van der Waals surface area contributed by atoms with Crippen LogP contribution < -0.4 is 0 Å². The van der Waals surface area contributed by atoms with Crippen molar-refractivity contribution in [3.63, 3.8) is 0 Å². The van der Waals surface area contributed by atoms with Crippen LogP contribution in [0.5, 0.6) is 0 Å². The van der Waals surface area contributed by atoms with E-state index in [0.717, 1.165) is 26.2 Å². The summed E-state index contributed by atoms with van der Waals surface area (Å²) in [5, 5.41) is 0. The van der Waals surface area contributed by atoms with E-state index in [9.17, 15) is 4.79 Å². The molecule has 90 valence electrons. The number of nitrogens with zero attached hydrogens (tertiary/aromatic N) is 3. The fourth-order valence-electron chi connectivity index (χ4n) is 1.46. The number of ether oxygens (including phenoxy) is 1. The zero-order chi connectivity index (χ0) is 11.8. The van der Waals surface area contributed by atoms with Gasteiger partial charge >= 0.3 is 5.97 Å². The van der Waals surface area contributed by atoms with Gasteiger partial charge in [-0.1, -0.05) is 6.92 Å². The minimum atomic E-state index is -0.152. The van der Waals surface area contributed by atoms with Gasteiger partial charge in [0.05, 0.1) is 19.9 Å². The van der Waals surface area contributed by atoms with Crippen LogP contribution in [0.3, 0.4) is 0 Å². The van der Waals surface area contributed by atoms with E-state index in [-0.39, 0.29) is 5.97 Å².